The van der Waals surface area contributed by atoms with Crippen LogP contribution in [0.1, 0.15) is 61.6 Å². The lowest BCUT2D eigenvalue weighted by atomic mass is 9.83. The number of sulfone groups is 1. The number of hydrogen-bond acceptors (Lipinski definition) is 13. The first-order valence-electron chi connectivity index (χ1n) is 17.4. The monoisotopic (exact) mass is 858 g/mol. The summed E-state index contributed by atoms with van der Waals surface area (Å²) in [5.41, 5.74) is -1.45. The topological polar surface area (TPSA) is 253 Å². The smallest absolute Gasteiger partial charge is 0.336 e. The molecule has 1 heterocycles. The van der Waals surface area contributed by atoms with Crippen LogP contribution in [0.15, 0.2) is 115 Å². The molecule has 0 unspecified atom stereocenters. The molecule has 0 radical (unpaired) electrons. The van der Waals surface area contributed by atoms with Crippen LogP contribution in [-0.4, -0.2) is 59.1 Å². The zero-order chi connectivity index (χ0) is 42.6. The quantitative estimate of drug-likeness (QED) is 0.0339. The Morgan fingerprint density at radius 3 is 2.03 bits per heavy atom. The maximum absolute atomic E-state index is 15.1. The number of carboxylic acid groups (broad SMARTS) is 2. The Morgan fingerprint density at radius 2 is 1.42 bits per heavy atom. The number of fused-ring (bicyclic) bond motifs is 2. The van der Waals surface area contributed by atoms with Gasteiger partial charge >= 0.3 is 11.9 Å². The van der Waals surface area contributed by atoms with E-state index in [-0.39, 0.29) is 67.2 Å². The fraction of sp³-hybridized carbons (Fsp3) is 0.100. The second-order valence-corrected chi connectivity index (χ2v) is 17.2. The molecule has 59 heavy (non-hydrogen) atoms. The van der Waals surface area contributed by atoms with Crippen molar-refractivity contribution in [2.45, 2.75) is 46.3 Å². The number of pyridine rings is 1. The van der Waals surface area contributed by atoms with Gasteiger partial charge in [0.1, 0.15) is 4.90 Å². The van der Waals surface area contributed by atoms with Gasteiger partial charge in [-0.05, 0) is 90.2 Å². The minimum atomic E-state index is -4.91. The molecule has 0 spiro atoms. The highest BCUT2D eigenvalue weighted by atomic mass is 32.2. The fourth-order valence-electron chi connectivity index (χ4n) is 7.24. The number of aryl methyl sites for hydroxylation is 2. The largest absolute Gasteiger partial charge is 0.478 e. The number of nitrogens with one attached hydrogen (secondary N) is 1. The summed E-state index contributed by atoms with van der Waals surface area (Å²) in [5.74, 6) is -3.81. The van der Waals surface area contributed by atoms with Gasteiger partial charge in [-0.2, -0.15) is 8.42 Å². The Hall–Kier alpha value is -6.19. The number of carbonyl (C=O) groups is 3. The van der Waals surface area contributed by atoms with Gasteiger partial charge in [0.15, 0.2) is 5.78 Å². The van der Waals surface area contributed by atoms with Crippen molar-refractivity contribution in [1.29, 1.82) is 0 Å². The molecule has 1 aliphatic rings. The molecule has 19 heteroatoms. The van der Waals surface area contributed by atoms with Crippen molar-refractivity contribution in [1.82, 2.24) is 4.57 Å². The summed E-state index contributed by atoms with van der Waals surface area (Å²) >= 11 is 0.460. The molecule has 0 saturated heterocycles. The third kappa shape index (κ3) is 7.07. The normalized spacial score (nSPS) is 12.4. The average molecular weight is 859 g/mol. The van der Waals surface area contributed by atoms with Crippen molar-refractivity contribution in [2.24, 2.45) is 0 Å². The van der Waals surface area contributed by atoms with E-state index in [1.165, 1.54) is 54.6 Å². The number of nitrogens with zero attached hydrogens (tertiary/aromatic N) is 1. The van der Waals surface area contributed by atoms with Crippen molar-refractivity contribution in [2.75, 3.05) is 5.32 Å². The SMILES string of the molecule is CCc1cc(S(=O)(=O)O)cc(CC)c1Nc1ccc2c3c1C(=O)c1ccccc1-c3c(S(=O)(=O)c1cccc(SOOO)c1)c(=O)n2-c1ccc(C(=O)O)c(C(=O)O)c1. The molecule has 16 nitrogen and oxygen atoms in total. The predicted molar refractivity (Wildman–Crippen MR) is 213 cm³/mol. The van der Waals surface area contributed by atoms with Gasteiger partial charge in [-0.1, -0.05) is 49.2 Å². The standard InChI is InChI=1S/C40H30N2O14S3/c1-3-20-16-25(59(52,53)54)17-21(4-2)35(20)41-30-14-15-31-34-32(26-10-5-6-11-27(26)36(43)33(30)34)37(58(50,51)24-9-7-8-23(19-24)57-56-55-49)38(44)42(31)22-12-13-28(39(45)46)29(18-22)40(47)48/h5-19,41,49H,3-4H2,1-2H3,(H,45,46)(H,47,48)(H,52,53,54). The summed E-state index contributed by atoms with van der Waals surface area (Å²) in [6, 6.07) is 19.7. The summed E-state index contributed by atoms with van der Waals surface area (Å²) in [7, 11) is -9.52. The molecule has 1 aromatic heterocycles. The summed E-state index contributed by atoms with van der Waals surface area (Å²) in [5, 5.41) is 35.3. The Morgan fingerprint density at radius 1 is 0.763 bits per heavy atom. The fourth-order valence-corrected chi connectivity index (χ4v) is 9.89. The van der Waals surface area contributed by atoms with Gasteiger partial charge in [0, 0.05) is 27.1 Å². The molecule has 0 saturated carbocycles. The number of carboxylic acids is 2. The van der Waals surface area contributed by atoms with Gasteiger partial charge in [-0.15, -0.1) is 4.33 Å². The molecule has 5 N–H and O–H groups in total. The lowest BCUT2D eigenvalue weighted by molar-refractivity contribution is -0.432. The van der Waals surface area contributed by atoms with E-state index in [4.69, 9.17) is 5.26 Å². The first-order chi connectivity index (χ1) is 28.0. The summed E-state index contributed by atoms with van der Waals surface area (Å²) < 4.78 is 69.6. The highest BCUT2D eigenvalue weighted by Crippen LogP contribution is 2.47. The van der Waals surface area contributed by atoms with Gasteiger partial charge in [0.05, 0.1) is 55.4 Å². The number of benzene rings is 5. The summed E-state index contributed by atoms with van der Waals surface area (Å²) in [6.07, 6.45) is 0.549. The second-order valence-electron chi connectivity index (χ2n) is 13.1. The Bertz CT molecular complexity index is 3060. The first-order valence-corrected chi connectivity index (χ1v) is 21.1. The molecule has 0 fully saturated rings. The van der Waals surface area contributed by atoms with Crippen LogP contribution in [0.2, 0.25) is 0 Å². The molecular weight excluding hydrogens is 829 g/mol. The van der Waals surface area contributed by atoms with Gasteiger partial charge < -0.3 is 15.5 Å². The van der Waals surface area contributed by atoms with E-state index in [9.17, 15) is 37.6 Å². The predicted octanol–water partition coefficient (Wildman–Crippen LogP) is 6.97. The van der Waals surface area contributed by atoms with E-state index in [0.29, 0.717) is 28.9 Å². The van der Waals surface area contributed by atoms with E-state index in [1.807, 2.05) is 0 Å². The Labute approximate surface area is 339 Å². The molecule has 302 valence electrons. The maximum atomic E-state index is 15.1. The number of aromatic nitrogens is 1. The zero-order valence-corrected chi connectivity index (χ0v) is 33.1. The molecule has 5 aromatic carbocycles. The van der Waals surface area contributed by atoms with E-state index >= 15 is 13.2 Å². The number of aromatic carboxylic acids is 2. The summed E-state index contributed by atoms with van der Waals surface area (Å²) in [4.78, 5) is 52.8. The second kappa shape index (κ2) is 15.5. The van der Waals surface area contributed by atoms with Crippen molar-refractivity contribution in [3.05, 3.63) is 135 Å². The van der Waals surface area contributed by atoms with Crippen LogP contribution in [-0.2, 0) is 42.2 Å². The number of rotatable bonds is 13. The molecule has 0 amide bonds. The lowest BCUT2D eigenvalue weighted by Gasteiger charge is -2.27. The van der Waals surface area contributed by atoms with Crippen LogP contribution in [0.3, 0.4) is 0 Å². The maximum Gasteiger partial charge on any atom is 0.336 e. The van der Waals surface area contributed by atoms with Crippen LogP contribution < -0.4 is 10.9 Å². The highest BCUT2D eigenvalue weighted by molar-refractivity contribution is 7.94. The van der Waals surface area contributed by atoms with Gasteiger partial charge in [-0.3, -0.25) is 18.7 Å². The lowest BCUT2D eigenvalue weighted by Crippen LogP contribution is -2.29. The molecule has 0 aliphatic heterocycles. The number of hydrogen-bond donors (Lipinski definition) is 5. The first kappa shape index (κ1) is 41.0. The zero-order valence-electron chi connectivity index (χ0n) is 30.6. The number of carbonyl (C=O) groups excluding carboxylic acids is 1. The van der Waals surface area contributed by atoms with Crippen molar-refractivity contribution < 1.29 is 60.6 Å². The summed E-state index contributed by atoms with van der Waals surface area (Å²) in [6.45, 7) is 3.51. The molecule has 7 rings (SSSR count). The number of anilines is 2. The molecule has 0 bridgehead atoms. The van der Waals surface area contributed by atoms with Crippen molar-refractivity contribution >= 4 is 72.0 Å². The van der Waals surface area contributed by atoms with Gasteiger partial charge in [0.25, 0.3) is 15.7 Å². The molecule has 1 aliphatic carbocycles. The van der Waals surface area contributed by atoms with E-state index in [0.717, 1.165) is 28.8 Å². The average Bonchev–Trinajstić information content (AvgIpc) is 3.21. The van der Waals surface area contributed by atoms with E-state index < -0.39 is 64.2 Å². The number of ketones is 1. The van der Waals surface area contributed by atoms with Crippen molar-refractivity contribution in [3.63, 3.8) is 0 Å². The van der Waals surface area contributed by atoms with Crippen molar-refractivity contribution in [3.8, 4) is 16.8 Å². The minimum Gasteiger partial charge on any atom is -0.478 e. The van der Waals surface area contributed by atoms with Crippen LogP contribution in [0.5, 0.6) is 0 Å². The molecule has 0 atom stereocenters. The third-order valence-electron chi connectivity index (χ3n) is 9.83. The minimum absolute atomic E-state index is 0.0362. The Kier molecular flexibility index (Phi) is 10.8. The van der Waals surface area contributed by atoms with Gasteiger partial charge in [0.2, 0.25) is 9.84 Å². The highest BCUT2D eigenvalue weighted by Gasteiger charge is 2.38. The van der Waals surface area contributed by atoms with Gasteiger partial charge in [-0.25, -0.2) is 23.3 Å². The Balaban J connectivity index is 1.65. The van der Waals surface area contributed by atoms with E-state index in [1.54, 1.807) is 26.0 Å². The van der Waals surface area contributed by atoms with E-state index in [2.05, 4.69) is 14.7 Å². The van der Waals surface area contributed by atoms with Crippen LogP contribution in [0, 0.1) is 0 Å². The third-order valence-corrected chi connectivity index (χ3v) is 13.0. The van der Waals surface area contributed by atoms with Crippen LogP contribution in [0.25, 0.3) is 27.7 Å². The molecular formula is C40H30N2O14S3. The van der Waals surface area contributed by atoms with Crippen LogP contribution >= 0.6 is 12.0 Å². The molecule has 6 aromatic rings. The van der Waals surface area contributed by atoms with Crippen LogP contribution in [0.4, 0.5) is 11.4 Å².